The average molecular weight is 224 g/mol. The summed E-state index contributed by atoms with van der Waals surface area (Å²) in [6.07, 6.45) is 0. The maximum Gasteiger partial charge on any atom is 0.0125 e. The summed E-state index contributed by atoms with van der Waals surface area (Å²) < 4.78 is 0. The van der Waals surface area contributed by atoms with Gasteiger partial charge in [-0.25, -0.2) is 0 Å². The summed E-state index contributed by atoms with van der Waals surface area (Å²) in [4.78, 5) is 5.34. The number of likely N-dealkylation sites (tertiary alicyclic amines) is 2. The van der Waals surface area contributed by atoms with Gasteiger partial charge < -0.3 is 0 Å². The molecule has 0 radical (unpaired) electrons. The van der Waals surface area contributed by atoms with Crippen LogP contribution in [0.15, 0.2) is 0 Å². The molecule has 2 nitrogen and oxygen atoms in total. The second-order valence-electron chi connectivity index (χ2n) is 7.67. The second kappa shape index (κ2) is 3.71. The fourth-order valence-electron chi connectivity index (χ4n) is 3.09. The van der Waals surface area contributed by atoms with Crippen LogP contribution in [0.5, 0.6) is 0 Å². The molecule has 2 heterocycles. The Morgan fingerprint density at radius 3 is 1.06 bits per heavy atom. The first-order valence-corrected chi connectivity index (χ1v) is 6.68. The first-order valence-electron chi connectivity index (χ1n) is 6.68. The summed E-state index contributed by atoms with van der Waals surface area (Å²) in [5, 5.41) is 0. The van der Waals surface area contributed by atoms with Crippen molar-refractivity contribution in [3.8, 4) is 0 Å². The first-order chi connectivity index (χ1) is 7.18. The van der Waals surface area contributed by atoms with Crippen LogP contribution >= 0.6 is 0 Å². The van der Waals surface area contributed by atoms with Crippen LogP contribution in [0.4, 0.5) is 0 Å². The maximum absolute atomic E-state index is 2.67. The van der Waals surface area contributed by atoms with Gasteiger partial charge in [-0.1, -0.05) is 0 Å². The number of rotatable bonds is 0. The van der Waals surface area contributed by atoms with Crippen molar-refractivity contribution in [1.29, 1.82) is 0 Å². The molecule has 2 saturated heterocycles. The summed E-state index contributed by atoms with van der Waals surface area (Å²) in [5.74, 6) is 1.83. The van der Waals surface area contributed by atoms with Gasteiger partial charge in [0.1, 0.15) is 0 Å². The van der Waals surface area contributed by atoms with Gasteiger partial charge in [-0.15, -0.1) is 0 Å². The van der Waals surface area contributed by atoms with Crippen molar-refractivity contribution in [2.75, 3.05) is 26.2 Å². The van der Waals surface area contributed by atoms with Crippen LogP contribution in [0.3, 0.4) is 0 Å². The summed E-state index contributed by atoms with van der Waals surface area (Å²) in [6, 6.07) is 0. The van der Waals surface area contributed by atoms with E-state index in [4.69, 9.17) is 0 Å². The quantitative estimate of drug-likeness (QED) is 0.623. The van der Waals surface area contributed by atoms with E-state index in [1.54, 1.807) is 0 Å². The van der Waals surface area contributed by atoms with Gasteiger partial charge in [0.15, 0.2) is 0 Å². The minimum atomic E-state index is 0.358. The van der Waals surface area contributed by atoms with Gasteiger partial charge in [-0.2, -0.15) is 0 Å². The van der Waals surface area contributed by atoms with Crippen molar-refractivity contribution >= 4 is 0 Å². The van der Waals surface area contributed by atoms with Gasteiger partial charge >= 0.3 is 0 Å². The topological polar surface area (TPSA) is 6.48 Å². The molecular formula is C14H28N2. The SMILES string of the molecule is CC(C)(C)N1C[C@H]2CN(C(C)(C)C)C[C@H]2C1. The fraction of sp³-hybridized carbons (Fsp3) is 1.00. The van der Waals surface area contributed by atoms with Crippen molar-refractivity contribution in [1.82, 2.24) is 9.80 Å². The number of hydrogen-bond donors (Lipinski definition) is 0. The Morgan fingerprint density at radius 1 is 0.625 bits per heavy atom. The van der Waals surface area contributed by atoms with E-state index >= 15 is 0 Å². The minimum absolute atomic E-state index is 0.358. The Balaban J connectivity index is 1.96. The number of nitrogens with zero attached hydrogens (tertiary/aromatic N) is 2. The zero-order chi connectivity index (χ0) is 12.1. The van der Waals surface area contributed by atoms with E-state index in [2.05, 4.69) is 51.3 Å². The predicted molar refractivity (Wildman–Crippen MR) is 69.6 cm³/mol. The van der Waals surface area contributed by atoms with Crippen LogP contribution in [-0.4, -0.2) is 47.1 Å². The highest BCUT2D eigenvalue weighted by Gasteiger charge is 2.44. The third-order valence-electron chi connectivity index (χ3n) is 4.38. The Kier molecular flexibility index (Phi) is 2.87. The maximum atomic E-state index is 2.67. The molecule has 0 bridgehead atoms. The summed E-state index contributed by atoms with van der Waals surface area (Å²) >= 11 is 0. The molecule has 16 heavy (non-hydrogen) atoms. The lowest BCUT2D eigenvalue weighted by Gasteiger charge is -2.36. The van der Waals surface area contributed by atoms with E-state index in [1.807, 2.05) is 0 Å². The Morgan fingerprint density at radius 2 is 0.875 bits per heavy atom. The molecule has 2 aliphatic heterocycles. The van der Waals surface area contributed by atoms with E-state index in [-0.39, 0.29) is 0 Å². The third kappa shape index (κ3) is 2.28. The Bertz CT molecular complexity index is 219. The van der Waals surface area contributed by atoms with Crippen molar-refractivity contribution < 1.29 is 0 Å². The van der Waals surface area contributed by atoms with Crippen molar-refractivity contribution in [2.45, 2.75) is 52.6 Å². The van der Waals surface area contributed by atoms with Crippen molar-refractivity contribution in [3.63, 3.8) is 0 Å². The third-order valence-corrected chi connectivity index (χ3v) is 4.38. The lowest BCUT2D eigenvalue weighted by molar-refractivity contribution is 0.119. The lowest BCUT2D eigenvalue weighted by atomic mass is 10.0. The van der Waals surface area contributed by atoms with Gasteiger partial charge in [0.05, 0.1) is 0 Å². The monoisotopic (exact) mass is 224 g/mol. The number of fused-ring (bicyclic) bond motifs is 1. The molecule has 0 N–H and O–H groups in total. The molecule has 2 fully saturated rings. The highest BCUT2D eigenvalue weighted by atomic mass is 15.3. The predicted octanol–water partition coefficient (Wildman–Crippen LogP) is 2.45. The van der Waals surface area contributed by atoms with Gasteiger partial charge in [-0.3, -0.25) is 9.80 Å². The van der Waals surface area contributed by atoms with Crippen LogP contribution < -0.4 is 0 Å². The molecule has 0 aliphatic carbocycles. The number of hydrogen-bond acceptors (Lipinski definition) is 2. The highest BCUT2D eigenvalue weighted by Crippen LogP contribution is 2.37. The first kappa shape index (κ1) is 12.4. The molecule has 0 aromatic heterocycles. The summed E-state index contributed by atoms with van der Waals surface area (Å²) in [7, 11) is 0. The molecular weight excluding hydrogens is 196 g/mol. The van der Waals surface area contributed by atoms with E-state index in [9.17, 15) is 0 Å². The van der Waals surface area contributed by atoms with Gasteiger partial charge in [0.25, 0.3) is 0 Å². The molecule has 0 aromatic carbocycles. The van der Waals surface area contributed by atoms with Gasteiger partial charge in [0, 0.05) is 37.3 Å². The average Bonchev–Trinajstić information content (AvgIpc) is 2.53. The van der Waals surface area contributed by atoms with Crippen LogP contribution in [0.1, 0.15) is 41.5 Å². The van der Waals surface area contributed by atoms with E-state index in [1.165, 1.54) is 26.2 Å². The standard InChI is InChI=1S/C14H28N2/c1-13(2,3)15-7-11-9-16(14(4,5)6)10-12(11)8-15/h11-12H,7-10H2,1-6H3/t11-,12+. The van der Waals surface area contributed by atoms with E-state index in [0.717, 1.165) is 11.8 Å². The van der Waals surface area contributed by atoms with Gasteiger partial charge in [-0.05, 0) is 53.4 Å². The molecule has 0 unspecified atom stereocenters. The van der Waals surface area contributed by atoms with Crippen LogP contribution in [0.25, 0.3) is 0 Å². The van der Waals surface area contributed by atoms with Crippen LogP contribution in [-0.2, 0) is 0 Å². The van der Waals surface area contributed by atoms with E-state index in [0.29, 0.717) is 11.1 Å². The molecule has 2 heteroatoms. The minimum Gasteiger partial charge on any atom is -0.298 e. The molecule has 0 atom stereocenters. The Hall–Kier alpha value is -0.0800. The zero-order valence-corrected chi connectivity index (χ0v) is 11.9. The molecule has 0 spiro atoms. The lowest BCUT2D eigenvalue weighted by Crippen LogP contribution is -2.44. The zero-order valence-electron chi connectivity index (χ0n) is 11.9. The normalized spacial score (nSPS) is 33.4. The van der Waals surface area contributed by atoms with Crippen molar-refractivity contribution in [3.05, 3.63) is 0 Å². The molecule has 2 aliphatic rings. The summed E-state index contributed by atoms with van der Waals surface area (Å²) in [5.41, 5.74) is 0.716. The van der Waals surface area contributed by atoms with Gasteiger partial charge in [0.2, 0.25) is 0 Å². The van der Waals surface area contributed by atoms with Crippen LogP contribution in [0, 0.1) is 11.8 Å². The van der Waals surface area contributed by atoms with E-state index < -0.39 is 0 Å². The van der Waals surface area contributed by atoms with Crippen LogP contribution in [0.2, 0.25) is 0 Å². The smallest absolute Gasteiger partial charge is 0.0125 e. The Labute approximate surface area is 101 Å². The molecule has 94 valence electrons. The fourth-order valence-corrected chi connectivity index (χ4v) is 3.09. The highest BCUT2D eigenvalue weighted by molar-refractivity contribution is 4.98. The largest absolute Gasteiger partial charge is 0.298 e. The molecule has 2 rings (SSSR count). The second-order valence-corrected chi connectivity index (χ2v) is 7.67. The molecule has 0 aromatic rings. The molecule has 0 amide bonds. The summed E-state index contributed by atoms with van der Waals surface area (Å²) in [6.45, 7) is 19.3. The molecule has 0 saturated carbocycles. The van der Waals surface area contributed by atoms with Crippen molar-refractivity contribution in [2.24, 2.45) is 11.8 Å².